The molecular formula is C19H16F2N4O4. The minimum Gasteiger partial charge on any atom is -0.484 e. The van der Waals surface area contributed by atoms with Crippen LogP contribution in [0.5, 0.6) is 5.75 Å². The summed E-state index contributed by atoms with van der Waals surface area (Å²) in [5, 5.41) is 17.5. The summed E-state index contributed by atoms with van der Waals surface area (Å²) in [5.74, 6) is -1.24. The van der Waals surface area contributed by atoms with Gasteiger partial charge in [0, 0.05) is 17.2 Å². The van der Waals surface area contributed by atoms with E-state index >= 15 is 0 Å². The Balaban J connectivity index is 1.68. The Kier molecular flexibility index (Phi) is 5.82. The molecule has 0 atom stereocenters. The SMILES string of the molecule is Cc1cnn(Cc2cc(F)ccc2F)c1NC(=O)COc1cccc([N+](=O)[O-])c1. The standard InChI is InChI=1S/C19H16F2N4O4/c1-12-9-22-24(10-13-7-14(20)5-6-17(13)21)19(12)23-18(26)11-29-16-4-2-3-15(8-16)25(27)28/h2-9H,10-11H2,1H3,(H,23,26). The zero-order chi connectivity index (χ0) is 21.0. The first kappa shape index (κ1) is 19.9. The van der Waals surface area contributed by atoms with Gasteiger partial charge in [-0.3, -0.25) is 14.9 Å². The second-order valence-electron chi connectivity index (χ2n) is 6.16. The number of hydrogen-bond donors (Lipinski definition) is 1. The van der Waals surface area contributed by atoms with Gasteiger partial charge in [-0.25, -0.2) is 13.5 Å². The number of carbonyl (C=O) groups excluding carboxylic acids is 1. The van der Waals surface area contributed by atoms with E-state index < -0.39 is 29.1 Å². The predicted molar refractivity (Wildman–Crippen MR) is 99.6 cm³/mol. The number of non-ortho nitro benzene ring substituents is 1. The average Bonchev–Trinajstić information content (AvgIpc) is 3.03. The third-order valence-corrected chi connectivity index (χ3v) is 4.01. The lowest BCUT2D eigenvalue weighted by atomic mass is 10.2. The molecule has 1 amide bonds. The van der Waals surface area contributed by atoms with E-state index in [-0.39, 0.29) is 23.5 Å². The van der Waals surface area contributed by atoms with E-state index in [1.165, 1.54) is 35.1 Å². The number of rotatable bonds is 7. The molecule has 150 valence electrons. The number of nitro groups is 1. The molecule has 1 aromatic heterocycles. The van der Waals surface area contributed by atoms with E-state index in [0.717, 1.165) is 18.2 Å². The van der Waals surface area contributed by atoms with Crippen molar-refractivity contribution in [2.75, 3.05) is 11.9 Å². The lowest BCUT2D eigenvalue weighted by Crippen LogP contribution is -2.23. The number of aromatic nitrogens is 2. The number of nitro benzene ring substituents is 1. The van der Waals surface area contributed by atoms with Crippen LogP contribution in [-0.4, -0.2) is 27.2 Å². The second-order valence-corrected chi connectivity index (χ2v) is 6.16. The highest BCUT2D eigenvalue weighted by atomic mass is 19.1. The van der Waals surface area contributed by atoms with E-state index in [4.69, 9.17) is 4.74 Å². The molecular weight excluding hydrogens is 386 g/mol. The average molecular weight is 402 g/mol. The molecule has 3 aromatic rings. The van der Waals surface area contributed by atoms with Gasteiger partial charge in [0.15, 0.2) is 6.61 Å². The normalized spacial score (nSPS) is 10.6. The van der Waals surface area contributed by atoms with Crippen LogP contribution < -0.4 is 10.1 Å². The molecule has 2 aromatic carbocycles. The van der Waals surface area contributed by atoms with E-state index in [9.17, 15) is 23.7 Å². The predicted octanol–water partition coefficient (Wildman–Crippen LogP) is 3.44. The molecule has 29 heavy (non-hydrogen) atoms. The van der Waals surface area contributed by atoms with Crippen molar-refractivity contribution in [3.63, 3.8) is 0 Å². The Morgan fingerprint density at radius 1 is 1.28 bits per heavy atom. The fourth-order valence-electron chi connectivity index (χ4n) is 2.59. The van der Waals surface area contributed by atoms with Gasteiger partial charge < -0.3 is 10.1 Å². The van der Waals surface area contributed by atoms with Crippen LogP contribution in [0, 0.1) is 28.7 Å². The summed E-state index contributed by atoms with van der Waals surface area (Å²) in [4.78, 5) is 22.4. The summed E-state index contributed by atoms with van der Waals surface area (Å²) in [6.45, 7) is 1.21. The molecule has 0 saturated heterocycles. The largest absolute Gasteiger partial charge is 0.484 e. The molecule has 0 spiro atoms. The Morgan fingerprint density at radius 3 is 2.83 bits per heavy atom. The van der Waals surface area contributed by atoms with E-state index in [1.807, 2.05) is 0 Å². The van der Waals surface area contributed by atoms with Crippen LogP contribution in [0.4, 0.5) is 20.3 Å². The highest BCUT2D eigenvalue weighted by Crippen LogP contribution is 2.20. The number of hydrogen-bond acceptors (Lipinski definition) is 5. The molecule has 0 saturated carbocycles. The van der Waals surface area contributed by atoms with Crippen molar-refractivity contribution in [2.24, 2.45) is 0 Å². The topological polar surface area (TPSA) is 99.3 Å². The summed E-state index contributed by atoms with van der Waals surface area (Å²) >= 11 is 0. The van der Waals surface area contributed by atoms with Crippen LogP contribution in [0.15, 0.2) is 48.7 Å². The minimum atomic E-state index is -0.592. The van der Waals surface area contributed by atoms with Crippen molar-refractivity contribution in [1.29, 1.82) is 0 Å². The van der Waals surface area contributed by atoms with Crippen molar-refractivity contribution in [2.45, 2.75) is 13.5 Å². The number of amides is 1. The quantitative estimate of drug-likeness (QED) is 0.482. The lowest BCUT2D eigenvalue weighted by Gasteiger charge is -2.12. The van der Waals surface area contributed by atoms with Gasteiger partial charge in [-0.2, -0.15) is 5.10 Å². The highest BCUT2D eigenvalue weighted by molar-refractivity contribution is 5.91. The molecule has 1 N–H and O–H groups in total. The second kappa shape index (κ2) is 8.46. The number of anilines is 1. The van der Waals surface area contributed by atoms with Crippen LogP contribution in [0.3, 0.4) is 0 Å². The summed E-state index contributed by atoms with van der Waals surface area (Å²) in [6, 6.07) is 8.53. The first-order valence-electron chi connectivity index (χ1n) is 8.47. The molecule has 1 heterocycles. The zero-order valence-electron chi connectivity index (χ0n) is 15.3. The molecule has 0 aliphatic heterocycles. The Morgan fingerprint density at radius 2 is 2.07 bits per heavy atom. The number of halogens is 2. The maximum atomic E-state index is 13.9. The number of nitrogens with zero attached hydrogens (tertiary/aromatic N) is 3. The van der Waals surface area contributed by atoms with Crippen LogP contribution in [0.25, 0.3) is 0 Å². The van der Waals surface area contributed by atoms with Gasteiger partial charge >= 0.3 is 0 Å². The smallest absolute Gasteiger partial charge is 0.273 e. The fourth-order valence-corrected chi connectivity index (χ4v) is 2.59. The molecule has 0 radical (unpaired) electrons. The Labute approximate surface area is 163 Å². The van der Waals surface area contributed by atoms with Crippen LogP contribution >= 0.6 is 0 Å². The van der Waals surface area contributed by atoms with Gasteiger partial charge in [0.05, 0.1) is 23.7 Å². The van der Waals surface area contributed by atoms with Crippen LogP contribution in [0.1, 0.15) is 11.1 Å². The maximum Gasteiger partial charge on any atom is 0.273 e. The monoisotopic (exact) mass is 402 g/mol. The van der Waals surface area contributed by atoms with Crippen LogP contribution in [0.2, 0.25) is 0 Å². The Bertz CT molecular complexity index is 1070. The van der Waals surface area contributed by atoms with E-state index in [2.05, 4.69) is 10.4 Å². The van der Waals surface area contributed by atoms with Gasteiger partial charge in [-0.1, -0.05) is 6.07 Å². The van der Waals surface area contributed by atoms with E-state index in [0.29, 0.717) is 11.4 Å². The number of benzene rings is 2. The van der Waals surface area contributed by atoms with Crippen molar-refractivity contribution in [1.82, 2.24) is 9.78 Å². The van der Waals surface area contributed by atoms with Gasteiger partial charge in [0.1, 0.15) is 23.2 Å². The molecule has 0 aliphatic carbocycles. The molecule has 0 unspecified atom stereocenters. The summed E-state index contributed by atoms with van der Waals surface area (Å²) in [6.07, 6.45) is 1.48. The van der Waals surface area contributed by atoms with Crippen molar-refractivity contribution in [3.8, 4) is 5.75 Å². The van der Waals surface area contributed by atoms with Gasteiger partial charge in [0.25, 0.3) is 11.6 Å². The van der Waals surface area contributed by atoms with Gasteiger partial charge in [-0.15, -0.1) is 0 Å². The fraction of sp³-hybridized carbons (Fsp3) is 0.158. The summed E-state index contributed by atoms with van der Waals surface area (Å²) in [7, 11) is 0. The third kappa shape index (κ3) is 4.92. The molecule has 8 nitrogen and oxygen atoms in total. The summed E-state index contributed by atoms with van der Waals surface area (Å²) in [5.41, 5.74) is 0.538. The van der Waals surface area contributed by atoms with Gasteiger partial charge in [-0.05, 0) is 31.2 Å². The van der Waals surface area contributed by atoms with Crippen molar-refractivity contribution in [3.05, 3.63) is 81.5 Å². The third-order valence-electron chi connectivity index (χ3n) is 4.01. The summed E-state index contributed by atoms with van der Waals surface area (Å²) < 4.78 is 33.9. The lowest BCUT2D eigenvalue weighted by molar-refractivity contribution is -0.384. The van der Waals surface area contributed by atoms with Gasteiger partial charge in [0.2, 0.25) is 0 Å². The minimum absolute atomic E-state index is 0.0800. The number of aryl methyl sites for hydroxylation is 1. The highest BCUT2D eigenvalue weighted by Gasteiger charge is 2.15. The van der Waals surface area contributed by atoms with Crippen molar-refractivity contribution >= 4 is 17.4 Å². The van der Waals surface area contributed by atoms with Crippen molar-refractivity contribution < 1.29 is 23.2 Å². The first-order chi connectivity index (χ1) is 13.8. The Hall–Kier alpha value is -3.82. The molecule has 0 bridgehead atoms. The first-order valence-corrected chi connectivity index (χ1v) is 8.47. The molecule has 0 fully saturated rings. The maximum absolute atomic E-state index is 13.9. The van der Waals surface area contributed by atoms with E-state index in [1.54, 1.807) is 6.92 Å². The number of nitrogens with one attached hydrogen (secondary N) is 1. The molecule has 10 heteroatoms. The molecule has 3 rings (SSSR count). The zero-order valence-corrected chi connectivity index (χ0v) is 15.3. The molecule has 0 aliphatic rings. The number of ether oxygens (including phenoxy) is 1. The van der Waals surface area contributed by atoms with Crippen LogP contribution in [-0.2, 0) is 11.3 Å². The number of carbonyl (C=O) groups is 1.